The first-order valence-corrected chi connectivity index (χ1v) is 10.4. The molecular formula is C22H23FN4OS. The first kappa shape index (κ1) is 19.5. The summed E-state index contributed by atoms with van der Waals surface area (Å²) >= 11 is 1.43. The Labute approximate surface area is 173 Å². The van der Waals surface area contributed by atoms with E-state index in [0.29, 0.717) is 11.4 Å². The molecule has 1 amide bonds. The third kappa shape index (κ3) is 4.02. The number of amides is 1. The van der Waals surface area contributed by atoms with Crippen LogP contribution >= 0.6 is 11.3 Å². The normalized spacial score (nSPS) is 19.1. The van der Waals surface area contributed by atoms with Crippen molar-refractivity contribution in [3.05, 3.63) is 71.0 Å². The number of halogens is 1. The SMILES string of the molecule is C=Cc1cnn(C)c1-c1ccc(C(=O)N[C@@H]2CNCC[C@H]2c2cccc(F)c2)s1. The van der Waals surface area contributed by atoms with Crippen molar-refractivity contribution in [1.82, 2.24) is 20.4 Å². The second-order valence-electron chi connectivity index (χ2n) is 7.17. The maximum Gasteiger partial charge on any atom is 0.261 e. The number of piperidine rings is 1. The lowest BCUT2D eigenvalue weighted by Gasteiger charge is -2.33. The van der Waals surface area contributed by atoms with Crippen molar-refractivity contribution < 1.29 is 9.18 Å². The molecule has 1 aliphatic rings. The largest absolute Gasteiger partial charge is 0.347 e. The second kappa shape index (κ2) is 8.31. The van der Waals surface area contributed by atoms with Gasteiger partial charge in [0.25, 0.3) is 5.91 Å². The summed E-state index contributed by atoms with van der Waals surface area (Å²) < 4.78 is 15.5. The number of nitrogens with one attached hydrogen (secondary N) is 2. The molecule has 7 heteroatoms. The molecule has 5 nitrogen and oxygen atoms in total. The summed E-state index contributed by atoms with van der Waals surface area (Å²) in [5.41, 5.74) is 2.80. The van der Waals surface area contributed by atoms with Gasteiger partial charge in [-0.25, -0.2) is 4.39 Å². The van der Waals surface area contributed by atoms with Gasteiger partial charge in [0.1, 0.15) is 5.82 Å². The highest BCUT2D eigenvalue weighted by atomic mass is 32.1. The van der Waals surface area contributed by atoms with Gasteiger partial charge in [0.2, 0.25) is 0 Å². The predicted octanol–water partition coefficient (Wildman–Crippen LogP) is 3.81. The topological polar surface area (TPSA) is 59.0 Å². The molecule has 150 valence electrons. The molecule has 0 unspecified atom stereocenters. The van der Waals surface area contributed by atoms with Crippen LogP contribution in [0.5, 0.6) is 0 Å². The van der Waals surface area contributed by atoms with E-state index >= 15 is 0 Å². The zero-order chi connectivity index (χ0) is 20.4. The molecule has 3 heterocycles. The third-order valence-corrected chi connectivity index (χ3v) is 6.42. The van der Waals surface area contributed by atoms with Crippen molar-refractivity contribution in [2.45, 2.75) is 18.4 Å². The maximum atomic E-state index is 13.7. The second-order valence-corrected chi connectivity index (χ2v) is 8.26. The number of hydrogen-bond acceptors (Lipinski definition) is 4. The molecule has 1 aromatic carbocycles. The molecule has 29 heavy (non-hydrogen) atoms. The summed E-state index contributed by atoms with van der Waals surface area (Å²) in [6.07, 6.45) is 4.37. The highest BCUT2D eigenvalue weighted by molar-refractivity contribution is 7.17. The number of hydrogen-bond donors (Lipinski definition) is 2. The number of thiophene rings is 1. The molecule has 2 aromatic heterocycles. The van der Waals surface area contributed by atoms with Gasteiger partial charge in [-0.2, -0.15) is 5.10 Å². The van der Waals surface area contributed by atoms with Gasteiger partial charge < -0.3 is 10.6 Å². The van der Waals surface area contributed by atoms with Crippen molar-refractivity contribution >= 4 is 23.3 Å². The number of aryl methyl sites for hydroxylation is 1. The van der Waals surface area contributed by atoms with Gasteiger partial charge in [-0.3, -0.25) is 9.48 Å². The van der Waals surface area contributed by atoms with E-state index in [-0.39, 0.29) is 23.7 Å². The third-order valence-electron chi connectivity index (χ3n) is 5.33. The summed E-state index contributed by atoms with van der Waals surface area (Å²) in [5.74, 6) is -0.276. The molecule has 0 aliphatic carbocycles. The Hall–Kier alpha value is -2.77. The minimum atomic E-state index is -0.247. The smallest absolute Gasteiger partial charge is 0.261 e. The highest BCUT2D eigenvalue weighted by Gasteiger charge is 2.28. The number of benzene rings is 1. The van der Waals surface area contributed by atoms with E-state index in [2.05, 4.69) is 22.3 Å². The fraction of sp³-hybridized carbons (Fsp3) is 0.273. The monoisotopic (exact) mass is 410 g/mol. The minimum absolute atomic E-state index is 0.0831. The Morgan fingerprint density at radius 2 is 2.28 bits per heavy atom. The van der Waals surface area contributed by atoms with Crippen LogP contribution in [-0.4, -0.2) is 34.8 Å². The Morgan fingerprint density at radius 1 is 1.41 bits per heavy atom. The average Bonchev–Trinajstić information content (AvgIpc) is 3.34. The van der Waals surface area contributed by atoms with Gasteiger partial charge >= 0.3 is 0 Å². The van der Waals surface area contributed by atoms with Crippen LogP contribution in [0.2, 0.25) is 0 Å². The van der Waals surface area contributed by atoms with Crippen molar-refractivity contribution in [2.24, 2.45) is 7.05 Å². The van der Waals surface area contributed by atoms with Crippen LogP contribution in [0.1, 0.15) is 33.1 Å². The van der Waals surface area contributed by atoms with Crippen LogP contribution in [0.15, 0.2) is 49.2 Å². The first-order chi connectivity index (χ1) is 14.1. The zero-order valence-corrected chi connectivity index (χ0v) is 17.0. The van der Waals surface area contributed by atoms with E-state index in [9.17, 15) is 9.18 Å². The lowest BCUT2D eigenvalue weighted by atomic mass is 9.86. The van der Waals surface area contributed by atoms with E-state index in [1.54, 1.807) is 29.1 Å². The Bertz CT molecular complexity index is 1040. The van der Waals surface area contributed by atoms with Crippen molar-refractivity contribution in [3.63, 3.8) is 0 Å². The summed E-state index contributed by atoms with van der Waals surface area (Å²) in [5, 5.41) is 10.8. The fourth-order valence-corrected chi connectivity index (χ4v) is 4.89. The molecule has 2 N–H and O–H groups in total. The van der Waals surface area contributed by atoms with Crippen LogP contribution in [-0.2, 0) is 7.05 Å². The van der Waals surface area contributed by atoms with Gasteiger partial charge in [-0.1, -0.05) is 24.8 Å². The first-order valence-electron chi connectivity index (χ1n) is 9.58. The Morgan fingerprint density at radius 3 is 3.07 bits per heavy atom. The summed E-state index contributed by atoms with van der Waals surface area (Å²) in [4.78, 5) is 14.5. The molecule has 0 spiro atoms. The molecule has 0 saturated carbocycles. The predicted molar refractivity (Wildman–Crippen MR) is 114 cm³/mol. The van der Waals surface area contributed by atoms with Crippen LogP contribution in [0, 0.1) is 5.82 Å². The van der Waals surface area contributed by atoms with Gasteiger partial charge in [0, 0.05) is 31.1 Å². The standard InChI is InChI=1S/C22H23FN4OS/c1-3-14-12-25-27(2)21(14)19-7-8-20(29-19)22(28)26-18-13-24-10-9-17(18)15-5-4-6-16(23)11-15/h3-8,11-12,17-18,24H,1,9-10,13H2,2H3,(H,26,28)/t17-,18+/m0/s1. The molecule has 0 bridgehead atoms. The number of aromatic nitrogens is 2. The number of carbonyl (C=O) groups is 1. The molecular weight excluding hydrogens is 387 g/mol. The van der Waals surface area contributed by atoms with E-state index in [4.69, 9.17) is 0 Å². The maximum absolute atomic E-state index is 13.7. The van der Waals surface area contributed by atoms with Crippen molar-refractivity contribution in [1.29, 1.82) is 0 Å². The average molecular weight is 411 g/mol. The Kier molecular flexibility index (Phi) is 5.60. The van der Waals surface area contributed by atoms with E-state index in [0.717, 1.165) is 34.7 Å². The van der Waals surface area contributed by atoms with Crippen LogP contribution in [0.4, 0.5) is 4.39 Å². The van der Waals surface area contributed by atoms with E-state index < -0.39 is 0 Å². The summed E-state index contributed by atoms with van der Waals surface area (Å²) in [7, 11) is 1.87. The fourth-order valence-electron chi connectivity index (χ4n) is 3.88. The number of rotatable bonds is 5. The van der Waals surface area contributed by atoms with Crippen LogP contribution in [0.3, 0.4) is 0 Å². The summed E-state index contributed by atoms with van der Waals surface area (Å²) in [6.45, 7) is 5.34. The highest BCUT2D eigenvalue weighted by Crippen LogP contribution is 2.32. The molecule has 0 radical (unpaired) electrons. The Balaban J connectivity index is 1.53. The van der Waals surface area contributed by atoms with Gasteiger partial charge in [0.05, 0.1) is 21.6 Å². The quantitative estimate of drug-likeness (QED) is 0.673. The lowest BCUT2D eigenvalue weighted by Crippen LogP contribution is -2.49. The molecule has 1 fully saturated rings. The number of nitrogens with zero attached hydrogens (tertiary/aromatic N) is 2. The van der Waals surface area contributed by atoms with Crippen LogP contribution < -0.4 is 10.6 Å². The van der Waals surface area contributed by atoms with E-state index in [1.165, 1.54) is 17.4 Å². The molecule has 1 aliphatic heterocycles. The van der Waals surface area contributed by atoms with Crippen molar-refractivity contribution in [2.75, 3.05) is 13.1 Å². The zero-order valence-electron chi connectivity index (χ0n) is 16.2. The summed E-state index contributed by atoms with van der Waals surface area (Å²) in [6, 6.07) is 10.3. The lowest BCUT2D eigenvalue weighted by molar-refractivity contribution is 0.0928. The van der Waals surface area contributed by atoms with Gasteiger partial charge in [-0.05, 0) is 42.8 Å². The molecule has 2 atom stereocenters. The van der Waals surface area contributed by atoms with Gasteiger partial charge in [-0.15, -0.1) is 11.3 Å². The molecule has 4 rings (SSSR count). The van der Waals surface area contributed by atoms with Crippen LogP contribution in [0.25, 0.3) is 16.6 Å². The minimum Gasteiger partial charge on any atom is -0.347 e. The van der Waals surface area contributed by atoms with Gasteiger partial charge in [0.15, 0.2) is 0 Å². The number of carbonyl (C=O) groups excluding carboxylic acids is 1. The molecule has 3 aromatic rings. The van der Waals surface area contributed by atoms with E-state index in [1.807, 2.05) is 25.2 Å². The molecule has 1 saturated heterocycles. The van der Waals surface area contributed by atoms with Crippen molar-refractivity contribution in [3.8, 4) is 10.6 Å².